The van der Waals surface area contributed by atoms with Crippen LogP contribution < -0.4 is 0 Å². The number of nitro groups is 1. The van der Waals surface area contributed by atoms with Crippen LogP contribution >= 0.6 is 0 Å². The molecule has 4 nitrogen and oxygen atoms in total. The quantitative estimate of drug-likeness (QED) is 0.528. The van der Waals surface area contributed by atoms with Crippen LogP contribution in [0.5, 0.6) is 0 Å². The second-order valence-corrected chi connectivity index (χ2v) is 4.88. The molecule has 0 saturated heterocycles. The molecule has 0 unspecified atom stereocenters. The lowest BCUT2D eigenvalue weighted by Gasteiger charge is -2.05. The minimum atomic E-state index is -0.391. The van der Waals surface area contributed by atoms with Crippen LogP contribution in [0.4, 0.5) is 5.69 Å². The van der Waals surface area contributed by atoms with E-state index < -0.39 is 4.92 Å². The monoisotopic (exact) mass is 278 g/mol. The van der Waals surface area contributed by atoms with Crippen molar-refractivity contribution in [1.82, 2.24) is 4.98 Å². The molecule has 104 valence electrons. The van der Waals surface area contributed by atoms with Crippen molar-refractivity contribution < 1.29 is 4.92 Å². The largest absolute Gasteiger partial charge is 0.270 e. The fraction of sp³-hybridized carbons (Fsp3) is 0.118. The molecule has 0 atom stereocenters. The van der Waals surface area contributed by atoms with Gasteiger partial charge in [-0.1, -0.05) is 31.2 Å². The van der Waals surface area contributed by atoms with Crippen LogP contribution in [0.15, 0.2) is 54.6 Å². The second kappa shape index (κ2) is 5.32. The van der Waals surface area contributed by atoms with E-state index in [9.17, 15) is 10.1 Å². The minimum absolute atomic E-state index is 0.0880. The molecule has 0 bridgehead atoms. The molecule has 0 radical (unpaired) electrons. The lowest BCUT2D eigenvalue weighted by atomic mass is 10.1. The number of nitrogens with zero attached hydrogens (tertiary/aromatic N) is 2. The van der Waals surface area contributed by atoms with Gasteiger partial charge in [0.1, 0.15) is 0 Å². The smallest absolute Gasteiger partial charge is 0.258 e. The van der Waals surface area contributed by atoms with E-state index in [4.69, 9.17) is 0 Å². The molecule has 1 heterocycles. The number of hydrogen-bond acceptors (Lipinski definition) is 3. The maximum Gasteiger partial charge on any atom is 0.270 e. The lowest BCUT2D eigenvalue weighted by molar-refractivity contribution is -0.384. The van der Waals surface area contributed by atoms with Gasteiger partial charge in [0.2, 0.25) is 0 Å². The molecule has 1 aromatic heterocycles. The van der Waals surface area contributed by atoms with E-state index in [2.05, 4.69) is 24.0 Å². The lowest BCUT2D eigenvalue weighted by Crippen LogP contribution is -1.90. The number of nitro benzene ring substituents is 1. The molecular formula is C17H14N2O2. The third-order valence-corrected chi connectivity index (χ3v) is 3.51. The third kappa shape index (κ3) is 2.60. The van der Waals surface area contributed by atoms with Crippen molar-refractivity contribution >= 4 is 16.6 Å². The third-order valence-electron chi connectivity index (χ3n) is 3.51. The molecule has 0 N–H and O–H groups in total. The predicted octanol–water partition coefficient (Wildman–Crippen LogP) is 4.37. The summed E-state index contributed by atoms with van der Waals surface area (Å²) < 4.78 is 0. The van der Waals surface area contributed by atoms with Gasteiger partial charge in [0, 0.05) is 23.1 Å². The Morgan fingerprint density at radius 1 is 1.10 bits per heavy atom. The molecule has 3 aromatic rings. The van der Waals surface area contributed by atoms with Crippen molar-refractivity contribution in [2.24, 2.45) is 0 Å². The number of pyridine rings is 1. The number of aromatic nitrogens is 1. The Balaban J connectivity index is 2.08. The Hall–Kier alpha value is -2.75. The molecule has 21 heavy (non-hydrogen) atoms. The summed E-state index contributed by atoms with van der Waals surface area (Å²) >= 11 is 0. The number of rotatable bonds is 3. The van der Waals surface area contributed by atoms with Crippen molar-refractivity contribution in [1.29, 1.82) is 0 Å². The first-order chi connectivity index (χ1) is 10.2. The summed E-state index contributed by atoms with van der Waals surface area (Å²) in [7, 11) is 0. The summed E-state index contributed by atoms with van der Waals surface area (Å²) in [5.74, 6) is 0. The first-order valence-corrected chi connectivity index (χ1v) is 6.82. The van der Waals surface area contributed by atoms with Gasteiger partial charge >= 0.3 is 0 Å². The van der Waals surface area contributed by atoms with E-state index in [0.717, 1.165) is 28.6 Å². The van der Waals surface area contributed by atoms with Crippen molar-refractivity contribution in [2.45, 2.75) is 13.3 Å². The van der Waals surface area contributed by atoms with Gasteiger partial charge in [0.05, 0.1) is 16.1 Å². The summed E-state index contributed by atoms with van der Waals surface area (Å²) in [6.45, 7) is 2.12. The van der Waals surface area contributed by atoms with Gasteiger partial charge in [-0.3, -0.25) is 10.1 Å². The standard InChI is InChI=1S/C17H14N2O2/c1-2-12-4-3-5-13(10-12)16-8-6-14-11-15(19(20)21)7-9-17(14)18-16/h3-11H,2H2,1H3. The molecule has 4 heteroatoms. The molecule has 0 fully saturated rings. The van der Waals surface area contributed by atoms with E-state index in [1.807, 2.05) is 24.3 Å². The number of aryl methyl sites for hydroxylation is 1. The summed E-state index contributed by atoms with van der Waals surface area (Å²) in [5.41, 5.74) is 4.06. The SMILES string of the molecule is CCc1cccc(-c2ccc3cc([N+](=O)[O-])ccc3n2)c1. The zero-order valence-corrected chi connectivity index (χ0v) is 11.6. The minimum Gasteiger partial charge on any atom is -0.258 e. The van der Waals surface area contributed by atoms with Gasteiger partial charge in [-0.05, 0) is 30.2 Å². The fourth-order valence-corrected chi connectivity index (χ4v) is 2.34. The maximum atomic E-state index is 10.8. The molecule has 0 aliphatic rings. The molecule has 0 amide bonds. The number of non-ortho nitro benzene ring substituents is 1. The first kappa shape index (κ1) is 13.2. The van der Waals surface area contributed by atoms with Crippen LogP contribution in [0.1, 0.15) is 12.5 Å². The summed E-state index contributed by atoms with van der Waals surface area (Å²) in [4.78, 5) is 15.0. The zero-order valence-electron chi connectivity index (χ0n) is 11.6. The van der Waals surface area contributed by atoms with E-state index in [0.29, 0.717) is 0 Å². The van der Waals surface area contributed by atoms with Crippen LogP contribution in [0.3, 0.4) is 0 Å². The molecule has 0 saturated carbocycles. The highest BCUT2D eigenvalue weighted by molar-refractivity contribution is 5.83. The summed E-state index contributed by atoms with van der Waals surface area (Å²) in [6, 6.07) is 16.8. The first-order valence-electron chi connectivity index (χ1n) is 6.82. The molecule has 2 aromatic carbocycles. The van der Waals surface area contributed by atoms with E-state index in [1.165, 1.54) is 11.6 Å². The van der Waals surface area contributed by atoms with Gasteiger partial charge in [-0.25, -0.2) is 4.98 Å². The maximum absolute atomic E-state index is 10.8. The predicted molar refractivity (Wildman–Crippen MR) is 83.2 cm³/mol. The van der Waals surface area contributed by atoms with Crippen molar-refractivity contribution in [2.75, 3.05) is 0 Å². The fourth-order valence-electron chi connectivity index (χ4n) is 2.34. The average Bonchev–Trinajstić information content (AvgIpc) is 2.53. The van der Waals surface area contributed by atoms with E-state index in [1.54, 1.807) is 12.1 Å². The highest BCUT2D eigenvalue weighted by atomic mass is 16.6. The summed E-state index contributed by atoms with van der Waals surface area (Å²) in [5, 5.41) is 11.6. The highest BCUT2D eigenvalue weighted by Crippen LogP contribution is 2.24. The van der Waals surface area contributed by atoms with E-state index >= 15 is 0 Å². The summed E-state index contributed by atoms with van der Waals surface area (Å²) in [6.07, 6.45) is 0.980. The van der Waals surface area contributed by atoms with Gasteiger partial charge in [0.25, 0.3) is 5.69 Å². The Labute approximate surface area is 122 Å². The number of benzene rings is 2. The van der Waals surface area contributed by atoms with Crippen molar-refractivity contribution in [3.8, 4) is 11.3 Å². The van der Waals surface area contributed by atoms with Gasteiger partial charge in [-0.2, -0.15) is 0 Å². The van der Waals surface area contributed by atoms with Crippen LogP contribution in [0, 0.1) is 10.1 Å². The average molecular weight is 278 g/mol. The Morgan fingerprint density at radius 3 is 2.71 bits per heavy atom. The molecule has 0 spiro atoms. The Bertz CT molecular complexity index is 828. The van der Waals surface area contributed by atoms with Gasteiger partial charge < -0.3 is 0 Å². The number of hydrogen-bond donors (Lipinski definition) is 0. The van der Waals surface area contributed by atoms with Crippen molar-refractivity contribution in [3.63, 3.8) is 0 Å². The van der Waals surface area contributed by atoms with Crippen molar-refractivity contribution in [3.05, 3.63) is 70.3 Å². The molecular weight excluding hydrogens is 264 g/mol. The molecule has 0 aliphatic carbocycles. The van der Waals surface area contributed by atoms with Gasteiger partial charge in [0.15, 0.2) is 0 Å². The van der Waals surface area contributed by atoms with Crippen LogP contribution in [-0.4, -0.2) is 9.91 Å². The Kier molecular flexibility index (Phi) is 3.36. The topological polar surface area (TPSA) is 56.0 Å². The Morgan fingerprint density at radius 2 is 1.95 bits per heavy atom. The molecule has 0 aliphatic heterocycles. The number of fused-ring (bicyclic) bond motifs is 1. The van der Waals surface area contributed by atoms with Crippen LogP contribution in [-0.2, 0) is 6.42 Å². The second-order valence-electron chi connectivity index (χ2n) is 4.88. The van der Waals surface area contributed by atoms with E-state index in [-0.39, 0.29) is 5.69 Å². The van der Waals surface area contributed by atoms with Crippen LogP contribution in [0.25, 0.3) is 22.2 Å². The van der Waals surface area contributed by atoms with Crippen LogP contribution in [0.2, 0.25) is 0 Å². The highest BCUT2D eigenvalue weighted by Gasteiger charge is 2.08. The van der Waals surface area contributed by atoms with Gasteiger partial charge in [-0.15, -0.1) is 0 Å². The zero-order chi connectivity index (χ0) is 14.8. The normalized spacial score (nSPS) is 10.7. The molecule has 3 rings (SSSR count).